The Kier molecular flexibility index (Phi) is 7.76. The minimum Gasteiger partial charge on any atom is -0.507 e. The Morgan fingerprint density at radius 2 is 1.91 bits per heavy atom. The molecule has 0 aromatic heterocycles. The Balaban J connectivity index is 0.00000121. The summed E-state index contributed by atoms with van der Waals surface area (Å²) in [7, 11) is 0. The third-order valence-electron chi connectivity index (χ3n) is 4.50. The van der Waals surface area contributed by atoms with Gasteiger partial charge in [-0.3, -0.25) is 4.90 Å². The van der Waals surface area contributed by atoms with Crippen molar-refractivity contribution in [3.63, 3.8) is 0 Å². The van der Waals surface area contributed by atoms with E-state index in [9.17, 15) is 5.11 Å². The maximum Gasteiger partial charge on any atom is 0.123 e. The molecule has 1 heterocycles. The van der Waals surface area contributed by atoms with Crippen LogP contribution in [0.5, 0.6) is 5.75 Å². The number of phenolic OH excluding ortho intramolecular Hbond substituents is 1. The number of nitrogens with one attached hydrogen (secondary N) is 1. The number of halogens is 3. The fourth-order valence-corrected chi connectivity index (χ4v) is 3.43. The molecule has 1 saturated heterocycles. The van der Waals surface area contributed by atoms with Crippen LogP contribution in [0.4, 0.5) is 0 Å². The lowest BCUT2D eigenvalue weighted by Gasteiger charge is -2.36. The number of piperazine rings is 1. The Morgan fingerprint density at radius 1 is 1.27 bits per heavy atom. The molecule has 1 aliphatic carbocycles. The molecule has 2 aliphatic rings. The lowest BCUT2D eigenvalue weighted by molar-refractivity contribution is 0.158. The highest BCUT2D eigenvalue weighted by atomic mass is 35.5. The molecule has 0 unspecified atom stereocenters. The van der Waals surface area contributed by atoms with Crippen LogP contribution in [0.15, 0.2) is 12.1 Å². The van der Waals surface area contributed by atoms with Gasteiger partial charge in [-0.1, -0.05) is 24.4 Å². The van der Waals surface area contributed by atoms with Crippen LogP contribution in [0, 0.1) is 12.8 Å². The summed E-state index contributed by atoms with van der Waals surface area (Å²) >= 11 is 6.22. The van der Waals surface area contributed by atoms with Crippen molar-refractivity contribution in [1.29, 1.82) is 0 Å². The maximum absolute atomic E-state index is 10.5. The van der Waals surface area contributed by atoms with Gasteiger partial charge in [-0.05, 0) is 37.0 Å². The van der Waals surface area contributed by atoms with Crippen LogP contribution in [-0.2, 0) is 0 Å². The summed E-state index contributed by atoms with van der Waals surface area (Å²) in [5, 5.41) is 14.6. The first kappa shape index (κ1) is 19.9. The summed E-state index contributed by atoms with van der Waals surface area (Å²) in [6.07, 6.45) is 3.82. The van der Waals surface area contributed by atoms with E-state index in [0.29, 0.717) is 11.8 Å². The van der Waals surface area contributed by atoms with Crippen molar-refractivity contribution in [3.8, 4) is 5.75 Å². The van der Waals surface area contributed by atoms with Crippen LogP contribution >= 0.6 is 36.4 Å². The minimum atomic E-state index is 0. The summed E-state index contributed by atoms with van der Waals surface area (Å²) < 4.78 is 0. The lowest BCUT2D eigenvalue weighted by Crippen LogP contribution is -2.45. The van der Waals surface area contributed by atoms with E-state index in [1.807, 2.05) is 19.1 Å². The normalized spacial score (nSPS) is 19.9. The van der Waals surface area contributed by atoms with Gasteiger partial charge in [0.15, 0.2) is 0 Å². The summed E-state index contributed by atoms with van der Waals surface area (Å²) in [6.45, 7) is 6.07. The molecule has 126 valence electrons. The number of hydrogen-bond acceptors (Lipinski definition) is 3. The Hall–Kier alpha value is -0.190. The second-order valence-electron chi connectivity index (χ2n) is 6.14. The third kappa shape index (κ3) is 4.65. The topological polar surface area (TPSA) is 35.5 Å². The van der Waals surface area contributed by atoms with Crippen molar-refractivity contribution in [2.75, 3.05) is 26.2 Å². The van der Waals surface area contributed by atoms with Crippen LogP contribution in [0.3, 0.4) is 0 Å². The predicted molar refractivity (Wildman–Crippen MR) is 96.9 cm³/mol. The first-order valence-corrected chi connectivity index (χ1v) is 7.96. The molecule has 0 radical (unpaired) electrons. The fraction of sp³-hybridized carbons (Fsp3) is 0.625. The molecule has 1 aromatic carbocycles. The number of rotatable bonds is 4. The molecular formula is C16H25Cl3N2O. The number of phenols is 1. The van der Waals surface area contributed by atoms with Gasteiger partial charge in [-0.25, -0.2) is 0 Å². The van der Waals surface area contributed by atoms with Crippen LogP contribution in [0.25, 0.3) is 0 Å². The summed E-state index contributed by atoms with van der Waals surface area (Å²) in [4.78, 5) is 2.50. The standard InChI is InChI=1S/C16H23ClN2O.2ClH/c1-11-8-13(17)10-14(16(11)20)15(9-12-2-3-12)19-6-4-18-5-7-19;;/h8,10,12,15,18,20H,2-7,9H2,1H3;2*1H/t15-;;/m0../s1. The highest BCUT2D eigenvalue weighted by molar-refractivity contribution is 6.30. The molecule has 1 saturated carbocycles. The molecular weight excluding hydrogens is 343 g/mol. The van der Waals surface area contributed by atoms with Crippen molar-refractivity contribution >= 4 is 36.4 Å². The first-order valence-electron chi connectivity index (χ1n) is 7.59. The third-order valence-corrected chi connectivity index (χ3v) is 4.72. The maximum atomic E-state index is 10.5. The van der Waals surface area contributed by atoms with E-state index in [4.69, 9.17) is 11.6 Å². The van der Waals surface area contributed by atoms with Gasteiger partial charge in [0, 0.05) is 42.8 Å². The average molecular weight is 368 g/mol. The zero-order valence-corrected chi connectivity index (χ0v) is 15.2. The molecule has 2 N–H and O–H groups in total. The van der Waals surface area contributed by atoms with Gasteiger partial charge in [-0.15, -0.1) is 24.8 Å². The smallest absolute Gasteiger partial charge is 0.123 e. The van der Waals surface area contributed by atoms with Crippen molar-refractivity contribution < 1.29 is 5.11 Å². The molecule has 1 aliphatic heterocycles. The fourth-order valence-electron chi connectivity index (χ4n) is 3.15. The van der Waals surface area contributed by atoms with Crippen LogP contribution < -0.4 is 5.32 Å². The second kappa shape index (κ2) is 8.60. The van der Waals surface area contributed by atoms with E-state index in [1.54, 1.807) is 0 Å². The predicted octanol–water partition coefficient (Wildman–Crippen LogP) is 3.94. The van der Waals surface area contributed by atoms with Gasteiger partial charge < -0.3 is 10.4 Å². The Bertz CT molecular complexity index is 489. The largest absolute Gasteiger partial charge is 0.507 e. The monoisotopic (exact) mass is 366 g/mol. The van der Waals surface area contributed by atoms with E-state index < -0.39 is 0 Å². The highest BCUT2D eigenvalue weighted by Gasteiger charge is 2.32. The zero-order chi connectivity index (χ0) is 14.1. The van der Waals surface area contributed by atoms with Gasteiger partial charge in [0.2, 0.25) is 0 Å². The summed E-state index contributed by atoms with van der Waals surface area (Å²) in [6, 6.07) is 4.10. The van der Waals surface area contributed by atoms with Gasteiger partial charge in [0.05, 0.1) is 0 Å². The van der Waals surface area contributed by atoms with Crippen molar-refractivity contribution in [2.45, 2.75) is 32.2 Å². The van der Waals surface area contributed by atoms with E-state index in [1.165, 1.54) is 12.8 Å². The van der Waals surface area contributed by atoms with E-state index >= 15 is 0 Å². The zero-order valence-electron chi connectivity index (χ0n) is 12.8. The van der Waals surface area contributed by atoms with Crippen LogP contribution in [0.2, 0.25) is 5.02 Å². The van der Waals surface area contributed by atoms with Crippen LogP contribution in [-0.4, -0.2) is 36.2 Å². The van der Waals surface area contributed by atoms with Crippen LogP contribution in [0.1, 0.15) is 36.4 Å². The van der Waals surface area contributed by atoms with Gasteiger partial charge >= 0.3 is 0 Å². The molecule has 3 rings (SSSR count). The number of hydrogen-bond donors (Lipinski definition) is 2. The molecule has 1 atom stereocenters. The number of aryl methyl sites for hydroxylation is 1. The molecule has 3 nitrogen and oxygen atoms in total. The summed E-state index contributed by atoms with van der Waals surface area (Å²) in [5.74, 6) is 1.26. The highest BCUT2D eigenvalue weighted by Crippen LogP contribution is 2.43. The first-order chi connectivity index (χ1) is 9.65. The van der Waals surface area contributed by atoms with E-state index in [0.717, 1.165) is 54.7 Å². The van der Waals surface area contributed by atoms with Gasteiger partial charge in [-0.2, -0.15) is 0 Å². The van der Waals surface area contributed by atoms with Crippen molar-refractivity contribution in [2.24, 2.45) is 5.92 Å². The lowest BCUT2D eigenvalue weighted by atomic mass is 9.96. The molecule has 6 heteroatoms. The molecule has 2 fully saturated rings. The number of aromatic hydroxyl groups is 1. The summed E-state index contributed by atoms with van der Waals surface area (Å²) in [5.41, 5.74) is 1.90. The minimum absolute atomic E-state index is 0. The SMILES string of the molecule is Cc1cc(Cl)cc([C@H](CC2CC2)N2CCNCC2)c1O.Cl.Cl. The average Bonchev–Trinajstić information content (AvgIpc) is 3.25. The van der Waals surface area contributed by atoms with Gasteiger partial charge in [0.1, 0.15) is 5.75 Å². The van der Waals surface area contributed by atoms with Crippen molar-refractivity contribution in [3.05, 3.63) is 28.3 Å². The molecule has 22 heavy (non-hydrogen) atoms. The Labute approximate surface area is 150 Å². The number of benzene rings is 1. The van der Waals surface area contributed by atoms with Gasteiger partial charge in [0.25, 0.3) is 0 Å². The molecule has 1 aromatic rings. The molecule has 0 spiro atoms. The van der Waals surface area contributed by atoms with E-state index in [2.05, 4.69) is 10.2 Å². The quantitative estimate of drug-likeness (QED) is 0.846. The molecule has 0 bridgehead atoms. The number of nitrogens with zero attached hydrogens (tertiary/aromatic N) is 1. The second-order valence-corrected chi connectivity index (χ2v) is 6.58. The van der Waals surface area contributed by atoms with Crippen molar-refractivity contribution in [1.82, 2.24) is 10.2 Å². The Morgan fingerprint density at radius 3 is 2.50 bits per heavy atom. The van der Waals surface area contributed by atoms with E-state index in [-0.39, 0.29) is 24.8 Å². The molecule has 0 amide bonds.